The lowest BCUT2D eigenvalue weighted by molar-refractivity contribution is -0.120. The number of hydrogen-bond donors (Lipinski definition) is 1. The van der Waals surface area contributed by atoms with Crippen LogP contribution in [0.1, 0.15) is 5.56 Å². The van der Waals surface area contributed by atoms with E-state index in [4.69, 9.17) is 4.74 Å². The van der Waals surface area contributed by atoms with Crippen molar-refractivity contribution in [3.8, 4) is 5.75 Å². The van der Waals surface area contributed by atoms with Crippen LogP contribution in [0.15, 0.2) is 53.6 Å². The number of methoxy groups -OCH3 is 1. The van der Waals surface area contributed by atoms with E-state index in [1.807, 2.05) is 49.4 Å². The molecule has 0 saturated heterocycles. The van der Waals surface area contributed by atoms with Crippen LogP contribution in [-0.2, 0) is 9.59 Å². The van der Waals surface area contributed by atoms with Gasteiger partial charge in [-0.1, -0.05) is 23.9 Å². The van der Waals surface area contributed by atoms with Crippen LogP contribution in [0.5, 0.6) is 5.75 Å². The lowest BCUT2D eigenvalue weighted by Crippen LogP contribution is -2.43. The Hall–Kier alpha value is -3.06. The third-order valence-electron chi connectivity index (χ3n) is 4.62. The van der Waals surface area contributed by atoms with Crippen LogP contribution in [0.3, 0.4) is 0 Å². The number of fused-ring (bicyclic) bond motifs is 2. The summed E-state index contributed by atoms with van der Waals surface area (Å²) in [5.74, 6) is 0.624. The molecule has 0 saturated carbocycles. The number of hydrogen-bond acceptors (Lipinski definition) is 5. The summed E-state index contributed by atoms with van der Waals surface area (Å²) in [5.41, 5.74) is 3.30. The van der Waals surface area contributed by atoms with E-state index >= 15 is 0 Å². The summed E-state index contributed by atoms with van der Waals surface area (Å²) in [6.45, 7) is 2.05. The average molecular weight is 393 g/mol. The first kappa shape index (κ1) is 18.3. The minimum Gasteiger partial charge on any atom is -0.497 e. The number of para-hydroxylation sites is 2. The molecule has 3 aromatic rings. The van der Waals surface area contributed by atoms with Crippen LogP contribution in [0.2, 0.25) is 0 Å². The van der Waals surface area contributed by atoms with Crippen molar-refractivity contribution < 1.29 is 14.3 Å². The summed E-state index contributed by atoms with van der Waals surface area (Å²) in [6, 6.07) is 15.1. The van der Waals surface area contributed by atoms with Crippen molar-refractivity contribution in [2.24, 2.45) is 0 Å². The van der Waals surface area contributed by atoms with Gasteiger partial charge in [0.25, 0.3) is 0 Å². The third kappa shape index (κ3) is 3.53. The topological polar surface area (TPSA) is 71.5 Å². The minimum atomic E-state index is -0.191. The number of carbonyl (C=O) groups excluding carboxylic acids is 2. The molecule has 2 aromatic carbocycles. The molecule has 7 heteroatoms. The van der Waals surface area contributed by atoms with E-state index in [1.165, 1.54) is 16.7 Å². The second-order valence-electron chi connectivity index (χ2n) is 6.49. The van der Waals surface area contributed by atoms with Gasteiger partial charge in [-0.25, -0.2) is 4.98 Å². The summed E-state index contributed by atoms with van der Waals surface area (Å²) >= 11 is 1.37. The zero-order valence-electron chi connectivity index (χ0n) is 15.6. The summed E-state index contributed by atoms with van der Waals surface area (Å²) in [6.07, 6.45) is 0. The SMILES string of the molecule is COc1ccc2c(C)cc(SCC(=O)N3CC(=O)Nc4ccccc43)nc2c1. The molecule has 2 amide bonds. The highest BCUT2D eigenvalue weighted by atomic mass is 32.2. The number of pyridine rings is 1. The Morgan fingerprint density at radius 2 is 2.07 bits per heavy atom. The highest BCUT2D eigenvalue weighted by molar-refractivity contribution is 7.99. The van der Waals surface area contributed by atoms with Crippen LogP contribution in [-0.4, -0.2) is 36.2 Å². The van der Waals surface area contributed by atoms with Crippen molar-refractivity contribution in [1.82, 2.24) is 4.98 Å². The number of anilines is 2. The predicted octanol–water partition coefficient (Wildman–Crippen LogP) is 3.63. The van der Waals surface area contributed by atoms with Gasteiger partial charge < -0.3 is 15.0 Å². The summed E-state index contributed by atoms with van der Waals surface area (Å²) < 4.78 is 5.28. The molecule has 0 unspecified atom stereocenters. The fraction of sp³-hybridized carbons (Fsp3) is 0.190. The molecule has 0 atom stereocenters. The van der Waals surface area contributed by atoms with Gasteiger partial charge in [0, 0.05) is 11.5 Å². The zero-order valence-corrected chi connectivity index (χ0v) is 16.4. The Bertz CT molecular complexity index is 1080. The molecule has 6 nitrogen and oxygen atoms in total. The van der Waals surface area contributed by atoms with Crippen LogP contribution < -0.4 is 15.0 Å². The Labute approximate surface area is 166 Å². The van der Waals surface area contributed by atoms with E-state index in [9.17, 15) is 9.59 Å². The lowest BCUT2D eigenvalue weighted by atomic mass is 10.1. The Morgan fingerprint density at radius 3 is 2.89 bits per heavy atom. The Morgan fingerprint density at radius 1 is 1.25 bits per heavy atom. The number of carbonyl (C=O) groups is 2. The van der Waals surface area contributed by atoms with Gasteiger partial charge in [-0.15, -0.1) is 0 Å². The van der Waals surface area contributed by atoms with Gasteiger partial charge in [-0.3, -0.25) is 9.59 Å². The van der Waals surface area contributed by atoms with E-state index in [0.717, 1.165) is 32.9 Å². The standard InChI is InChI=1S/C21H19N3O3S/c1-13-9-20(23-17-10-14(27-2)7-8-15(13)17)28-12-21(26)24-11-19(25)22-16-5-3-4-6-18(16)24/h3-10H,11-12H2,1-2H3,(H,22,25). The molecule has 0 spiro atoms. The van der Waals surface area contributed by atoms with Crippen molar-refractivity contribution >= 4 is 45.9 Å². The fourth-order valence-corrected chi connectivity index (χ4v) is 4.07. The van der Waals surface area contributed by atoms with Crippen LogP contribution in [0.25, 0.3) is 10.9 Å². The largest absolute Gasteiger partial charge is 0.497 e. The van der Waals surface area contributed by atoms with E-state index in [0.29, 0.717) is 5.69 Å². The number of nitrogens with one attached hydrogen (secondary N) is 1. The molecule has 1 aliphatic heterocycles. The van der Waals surface area contributed by atoms with Crippen molar-refractivity contribution in [3.63, 3.8) is 0 Å². The van der Waals surface area contributed by atoms with Crippen LogP contribution in [0, 0.1) is 6.92 Å². The molecule has 0 bridgehead atoms. The zero-order chi connectivity index (χ0) is 19.7. The molecule has 28 heavy (non-hydrogen) atoms. The second-order valence-corrected chi connectivity index (χ2v) is 7.49. The van der Waals surface area contributed by atoms with Gasteiger partial charge in [0.1, 0.15) is 12.3 Å². The van der Waals surface area contributed by atoms with Crippen molar-refractivity contribution in [2.75, 3.05) is 29.6 Å². The van der Waals surface area contributed by atoms with Crippen LogP contribution >= 0.6 is 11.8 Å². The molecule has 2 heterocycles. The van der Waals surface area contributed by atoms with Gasteiger partial charge in [-0.2, -0.15) is 0 Å². The molecule has 4 rings (SSSR count). The molecule has 1 aromatic heterocycles. The number of ether oxygens (including phenoxy) is 1. The summed E-state index contributed by atoms with van der Waals surface area (Å²) in [7, 11) is 1.62. The van der Waals surface area contributed by atoms with Gasteiger partial charge in [0.05, 0.1) is 34.8 Å². The monoisotopic (exact) mass is 393 g/mol. The summed E-state index contributed by atoms with van der Waals surface area (Å²) in [4.78, 5) is 30.9. The highest BCUT2D eigenvalue weighted by Crippen LogP contribution is 2.31. The fourth-order valence-electron chi connectivity index (χ4n) is 3.22. The molecule has 142 valence electrons. The van der Waals surface area contributed by atoms with Gasteiger partial charge in [-0.05, 0) is 42.8 Å². The average Bonchev–Trinajstić information content (AvgIpc) is 2.70. The predicted molar refractivity (Wildman–Crippen MR) is 111 cm³/mol. The van der Waals surface area contributed by atoms with Crippen molar-refractivity contribution in [2.45, 2.75) is 11.9 Å². The number of aryl methyl sites for hydroxylation is 1. The van der Waals surface area contributed by atoms with E-state index in [1.54, 1.807) is 13.2 Å². The Balaban J connectivity index is 1.54. The van der Waals surface area contributed by atoms with Crippen molar-refractivity contribution in [3.05, 3.63) is 54.1 Å². The first-order valence-electron chi connectivity index (χ1n) is 8.82. The smallest absolute Gasteiger partial charge is 0.244 e. The molecule has 1 N–H and O–H groups in total. The first-order chi connectivity index (χ1) is 13.5. The highest BCUT2D eigenvalue weighted by Gasteiger charge is 2.26. The van der Waals surface area contributed by atoms with Crippen LogP contribution in [0.4, 0.5) is 11.4 Å². The number of thioether (sulfide) groups is 1. The number of aromatic nitrogens is 1. The van der Waals surface area contributed by atoms with Gasteiger partial charge >= 0.3 is 0 Å². The second kappa shape index (κ2) is 7.52. The van der Waals surface area contributed by atoms with E-state index in [2.05, 4.69) is 10.3 Å². The summed E-state index contributed by atoms with van der Waals surface area (Å²) in [5, 5.41) is 4.61. The molecular formula is C21H19N3O3S. The number of nitrogens with zero attached hydrogens (tertiary/aromatic N) is 2. The van der Waals surface area contributed by atoms with E-state index < -0.39 is 0 Å². The molecule has 0 fully saturated rings. The maximum atomic E-state index is 12.8. The van der Waals surface area contributed by atoms with Gasteiger partial charge in [0.2, 0.25) is 11.8 Å². The molecule has 0 aliphatic carbocycles. The normalized spacial score (nSPS) is 13.2. The third-order valence-corrected chi connectivity index (χ3v) is 5.51. The van der Waals surface area contributed by atoms with Gasteiger partial charge in [0.15, 0.2) is 0 Å². The number of rotatable bonds is 4. The quantitative estimate of drug-likeness (QED) is 0.686. The molecule has 0 radical (unpaired) electrons. The molecule has 1 aliphatic rings. The minimum absolute atomic E-state index is 0.0256. The maximum absolute atomic E-state index is 12.8. The van der Waals surface area contributed by atoms with E-state index in [-0.39, 0.29) is 24.1 Å². The molecular weight excluding hydrogens is 374 g/mol. The maximum Gasteiger partial charge on any atom is 0.244 e. The lowest BCUT2D eigenvalue weighted by Gasteiger charge is -2.29. The Kier molecular flexibility index (Phi) is 4.92. The number of benzene rings is 2. The first-order valence-corrected chi connectivity index (χ1v) is 9.81. The van der Waals surface area contributed by atoms with Crippen molar-refractivity contribution in [1.29, 1.82) is 0 Å². The number of amides is 2.